The van der Waals surface area contributed by atoms with Crippen molar-refractivity contribution in [3.8, 4) is 0 Å². The van der Waals surface area contributed by atoms with Crippen molar-refractivity contribution < 1.29 is 0 Å². The first-order chi connectivity index (χ1) is 17.2. The number of hydrogen-bond acceptors (Lipinski definition) is 4. The molecule has 5 heteroatoms. The second-order valence-corrected chi connectivity index (χ2v) is 10.4. The number of aryl methyl sites for hydroxylation is 1. The predicted octanol–water partition coefficient (Wildman–Crippen LogP) is 5.96. The van der Waals surface area contributed by atoms with Crippen molar-refractivity contribution in [3.63, 3.8) is 0 Å². The number of aromatic nitrogens is 2. The van der Waals surface area contributed by atoms with E-state index in [1.807, 2.05) is 59.2 Å². The fourth-order valence-electron chi connectivity index (χ4n) is 5.21. The molecule has 4 nitrogen and oxygen atoms in total. The van der Waals surface area contributed by atoms with Gasteiger partial charge in [-0.2, -0.15) is 0 Å². The van der Waals surface area contributed by atoms with Gasteiger partial charge in [0.1, 0.15) is 5.82 Å². The zero-order valence-corrected chi connectivity index (χ0v) is 20.5. The summed E-state index contributed by atoms with van der Waals surface area (Å²) in [6, 6.07) is 31.1. The zero-order chi connectivity index (χ0) is 23.8. The minimum atomic E-state index is -0.195. The molecular formula is C30H27N3OS. The molecule has 0 saturated carbocycles. The summed E-state index contributed by atoms with van der Waals surface area (Å²) < 4.78 is 3.22. The molecule has 0 unspecified atom stereocenters. The monoisotopic (exact) mass is 477 g/mol. The van der Waals surface area contributed by atoms with E-state index in [4.69, 9.17) is 4.98 Å². The molecule has 0 atom stereocenters. The Morgan fingerprint density at radius 3 is 2.26 bits per heavy atom. The Hall–Kier alpha value is -3.54. The largest absolute Gasteiger partial charge is 0.292 e. The summed E-state index contributed by atoms with van der Waals surface area (Å²) in [5.74, 6) is 0.759. The van der Waals surface area contributed by atoms with Crippen LogP contribution in [0.5, 0.6) is 0 Å². The van der Waals surface area contributed by atoms with Gasteiger partial charge in [0.25, 0.3) is 5.56 Å². The topological polar surface area (TPSA) is 38.1 Å². The van der Waals surface area contributed by atoms with Crippen LogP contribution in [0.15, 0.2) is 95.8 Å². The Morgan fingerprint density at radius 2 is 1.57 bits per heavy atom. The lowest BCUT2D eigenvalue weighted by Crippen LogP contribution is -2.39. The van der Waals surface area contributed by atoms with Crippen LogP contribution in [0, 0.1) is 6.92 Å². The van der Waals surface area contributed by atoms with Crippen LogP contribution in [0.2, 0.25) is 0 Å². The maximum absolute atomic E-state index is 13.9. The van der Waals surface area contributed by atoms with Crippen molar-refractivity contribution in [1.29, 1.82) is 0 Å². The summed E-state index contributed by atoms with van der Waals surface area (Å²) in [6.45, 7) is 4.43. The normalized spacial score (nSPS) is 13.9. The lowest BCUT2D eigenvalue weighted by atomic mass is 9.97. The molecule has 0 N–H and O–H groups in total. The average molecular weight is 478 g/mol. The van der Waals surface area contributed by atoms with Gasteiger partial charge in [-0.15, -0.1) is 11.3 Å². The summed E-state index contributed by atoms with van der Waals surface area (Å²) >= 11 is 1.85. The van der Waals surface area contributed by atoms with Crippen molar-refractivity contribution in [2.75, 3.05) is 6.54 Å². The Morgan fingerprint density at radius 1 is 0.914 bits per heavy atom. The quantitative estimate of drug-likeness (QED) is 0.313. The lowest BCUT2D eigenvalue weighted by molar-refractivity contribution is 0.241. The third kappa shape index (κ3) is 4.22. The molecule has 0 fully saturated rings. The minimum Gasteiger partial charge on any atom is -0.292 e. The van der Waals surface area contributed by atoms with E-state index in [1.54, 1.807) is 0 Å². The van der Waals surface area contributed by atoms with Gasteiger partial charge in [-0.25, -0.2) is 4.98 Å². The van der Waals surface area contributed by atoms with E-state index in [-0.39, 0.29) is 11.6 Å². The van der Waals surface area contributed by atoms with Gasteiger partial charge in [-0.3, -0.25) is 14.3 Å². The van der Waals surface area contributed by atoms with E-state index in [1.165, 1.54) is 15.0 Å². The first-order valence-electron chi connectivity index (χ1n) is 12.1. The highest BCUT2D eigenvalue weighted by molar-refractivity contribution is 7.19. The van der Waals surface area contributed by atoms with Gasteiger partial charge in [0.05, 0.1) is 11.7 Å². The summed E-state index contributed by atoms with van der Waals surface area (Å²) in [7, 11) is 0. The highest BCUT2D eigenvalue weighted by Gasteiger charge is 2.27. The summed E-state index contributed by atoms with van der Waals surface area (Å²) in [5, 5.41) is 1.30. The van der Waals surface area contributed by atoms with E-state index in [2.05, 4.69) is 59.5 Å². The van der Waals surface area contributed by atoms with Crippen LogP contribution < -0.4 is 5.56 Å². The fraction of sp³-hybridized carbons (Fsp3) is 0.200. The Kier molecular flexibility index (Phi) is 5.80. The first-order valence-corrected chi connectivity index (χ1v) is 12.9. The molecule has 0 saturated heterocycles. The molecule has 3 aromatic carbocycles. The molecule has 6 rings (SSSR count). The molecule has 2 aromatic heterocycles. The molecule has 0 bridgehead atoms. The summed E-state index contributed by atoms with van der Waals surface area (Å²) in [6.07, 6.45) is 0.725. The summed E-state index contributed by atoms with van der Waals surface area (Å²) in [4.78, 5) is 22.7. The number of thiophene rings is 1. The predicted molar refractivity (Wildman–Crippen MR) is 143 cm³/mol. The van der Waals surface area contributed by atoms with Crippen LogP contribution in [-0.2, 0) is 19.5 Å². The Bertz CT molecular complexity index is 1470. The number of benzene rings is 3. The zero-order valence-electron chi connectivity index (χ0n) is 19.7. The second-order valence-electron chi connectivity index (χ2n) is 9.19. The molecule has 35 heavy (non-hydrogen) atoms. The minimum absolute atomic E-state index is 0.0896. The number of nitrogens with zero attached hydrogens (tertiary/aromatic N) is 3. The molecule has 5 aromatic rings. The summed E-state index contributed by atoms with van der Waals surface area (Å²) in [5.41, 5.74) is 4.06. The molecule has 0 aliphatic carbocycles. The van der Waals surface area contributed by atoms with Crippen molar-refractivity contribution in [3.05, 3.63) is 134 Å². The third-order valence-corrected chi connectivity index (χ3v) is 7.97. The average Bonchev–Trinajstić information content (AvgIpc) is 3.30. The fourth-order valence-corrected chi connectivity index (χ4v) is 6.32. The van der Waals surface area contributed by atoms with Crippen LogP contribution in [0.3, 0.4) is 0 Å². The third-order valence-electron chi connectivity index (χ3n) is 6.87. The standard InChI is InChI=1S/C30H27N3OS/c1-21-31-27-20-32(19-25-18-24-14-8-9-15-28(24)35-25)17-16-26(27)30(34)33(21)29(22-10-4-2-5-11-22)23-12-6-3-7-13-23/h2-15,18,29H,16-17,19-20H2,1H3. The smallest absolute Gasteiger partial charge is 0.257 e. The molecule has 0 spiro atoms. The van der Waals surface area contributed by atoms with Crippen molar-refractivity contribution in [2.45, 2.75) is 32.5 Å². The van der Waals surface area contributed by atoms with Crippen molar-refractivity contribution in [1.82, 2.24) is 14.5 Å². The van der Waals surface area contributed by atoms with Gasteiger partial charge < -0.3 is 0 Å². The molecule has 1 aliphatic rings. The van der Waals surface area contributed by atoms with Crippen LogP contribution in [0.1, 0.15) is 39.1 Å². The molecule has 0 radical (unpaired) electrons. The second kappa shape index (κ2) is 9.25. The maximum Gasteiger partial charge on any atom is 0.257 e. The van der Waals surface area contributed by atoms with E-state index >= 15 is 0 Å². The van der Waals surface area contributed by atoms with Gasteiger partial charge >= 0.3 is 0 Å². The number of hydrogen-bond donors (Lipinski definition) is 0. The Labute approximate surface area is 209 Å². The van der Waals surface area contributed by atoms with Gasteiger partial charge in [-0.1, -0.05) is 78.9 Å². The Balaban J connectivity index is 1.35. The highest BCUT2D eigenvalue weighted by atomic mass is 32.1. The van der Waals surface area contributed by atoms with Gasteiger partial charge in [0.2, 0.25) is 0 Å². The van der Waals surface area contributed by atoms with E-state index < -0.39 is 0 Å². The molecule has 1 aliphatic heterocycles. The van der Waals surface area contributed by atoms with Crippen molar-refractivity contribution in [2.24, 2.45) is 0 Å². The van der Waals surface area contributed by atoms with Gasteiger partial charge in [0.15, 0.2) is 0 Å². The maximum atomic E-state index is 13.9. The molecule has 3 heterocycles. The lowest BCUT2D eigenvalue weighted by Gasteiger charge is -2.30. The molecule has 0 amide bonds. The van der Waals surface area contributed by atoms with Crippen LogP contribution >= 0.6 is 11.3 Å². The van der Waals surface area contributed by atoms with Crippen molar-refractivity contribution >= 4 is 21.4 Å². The molecular weight excluding hydrogens is 450 g/mol. The van der Waals surface area contributed by atoms with Crippen LogP contribution in [0.4, 0.5) is 0 Å². The molecule has 174 valence electrons. The highest BCUT2D eigenvalue weighted by Crippen LogP contribution is 2.29. The van der Waals surface area contributed by atoms with Gasteiger partial charge in [0, 0.05) is 34.8 Å². The van der Waals surface area contributed by atoms with E-state index in [0.29, 0.717) is 6.54 Å². The first kappa shape index (κ1) is 22.0. The van der Waals surface area contributed by atoms with Crippen LogP contribution in [0.25, 0.3) is 10.1 Å². The van der Waals surface area contributed by atoms with E-state index in [0.717, 1.165) is 47.7 Å². The van der Waals surface area contributed by atoms with E-state index in [9.17, 15) is 4.79 Å². The SMILES string of the molecule is Cc1nc2c(c(=O)n1C(c1ccccc1)c1ccccc1)CCN(Cc1cc3ccccc3s1)C2. The van der Waals surface area contributed by atoms with Crippen LogP contribution in [-0.4, -0.2) is 21.0 Å². The van der Waals surface area contributed by atoms with Gasteiger partial charge in [-0.05, 0) is 42.0 Å². The number of rotatable bonds is 5. The number of fused-ring (bicyclic) bond motifs is 2.